The fourth-order valence-corrected chi connectivity index (χ4v) is 0.496. The molecule has 0 aliphatic carbocycles. The summed E-state index contributed by atoms with van der Waals surface area (Å²) in [5, 5.41) is 7.00. The van der Waals surface area contributed by atoms with Crippen LogP contribution in [0.4, 0.5) is 5.69 Å². The van der Waals surface area contributed by atoms with E-state index in [1.807, 2.05) is 0 Å². The normalized spacial score (nSPS) is 7.80. The Morgan fingerprint density at radius 1 is 1.20 bits per heavy atom. The number of hydrogen-bond acceptors (Lipinski definition) is 2. The lowest BCUT2D eigenvalue weighted by Gasteiger charge is -1.90. The van der Waals surface area contributed by atoms with Crippen LogP contribution in [0.25, 0.3) is 0 Å². The van der Waals surface area contributed by atoms with Gasteiger partial charge in [-0.3, -0.25) is 0 Å². The quantitative estimate of drug-likeness (QED) is 0.378. The van der Waals surface area contributed by atoms with Crippen LogP contribution < -0.4 is 11.2 Å². The number of aliphatic hydroxyl groups is 1. The summed E-state index contributed by atoms with van der Waals surface area (Å²) in [5.74, 6) is 0. The summed E-state index contributed by atoms with van der Waals surface area (Å²) in [5.41, 5.74) is 6.87. The average Bonchev–Trinajstić information content (AvgIpc) is 2.00. The molecule has 0 saturated carbocycles. The zero-order valence-corrected chi connectivity index (χ0v) is 5.91. The second-order valence-electron chi connectivity index (χ2n) is 1.67. The first kappa shape index (κ1) is 9.04. The van der Waals surface area contributed by atoms with Gasteiger partial charge in [0, 0.05) is 12.8 Å². The molecule has 2 nitrogen and oxygen atoms in total. The highest BCUT2D eigenvalue weighted by Gasteiger charge is 1.80. The van der Waals surface area contributed by atoms with Gasteiger partial charge in [0.2, 0.25) is 0 Å². The van der Waals surface area contributed by atoms with Gasteiger partial charge in [-0.1, -0.05) is 17.6 Å². The van der Waals surface area contributed by atoms with Gasteiger partial charge in [0.05, 0.1) is 0 Å². The molecule has 1 rings (SSSR count). The van der Waals surface area contributed by atoms with Crippen molar-refractivity contribution in [2.75, 3.05) is 12.8 Å². The molecule has 0 fully saturated rings. The van der Waals surface area contributed by atoms with Crippen molar-refractivity contribution < 1.29 is 5.11 Å². The van der Waals surface area contributed by atoms with Crippen molar-refractivity contribution in [2.45, 2.75) is 0 Å². The minimum atomic E-state index is 0.749. The third kappa shape index (κ3) is 3.15. The van der Waals surface area contributed by atoms with E-state index in [1.54, 1.807) is 24.3 Å². The van der Waals surface area contributed by atoms with Gasteiger partial charge in [-0.05, 0) is 12.1 Å². The Kier molecular flexibility index (Phi) is 4.41. The van der Waals surface area contributed by atoms with Crippen LogP contribution in [0, 0.1) is 0 Å². The van der Waals surface area contributed by atoms with E-state index in [9.17, 15) is 0 Å². The Morgan fingerprint density at radius 3 is 1.90 bits per heavy atom. The van der Waals surface area contributed by atoms with Crippen LogP contribution in [-0.2, 0) is 0 Å². The minimum Gasteiger partial charge on any atom is -0.400 e. The maximum Gasteiger partial charge on any atom is 0.113 e. The van der Waals surface area contributed by atoms with Crippen LogP contribution in [0.15, 0.2) is 24.3 Å². The molecule has 1 aromatic rings. The van der Waals surface area contributed by atoms with Gasteiger partial charge >= 0.3 is 0 Å². The maximum atomic E-state index is 7.00. The maximum absolute atomic E-state index is 7.00. The molecule has 0 amide bonds. The Hall–Kier alpha value is -0.955. The summed E-state index contributed by atoms with van der Waals surface area (Å²) in [6, 6.07) is 7.09. The molecule has 0 bridgehead atoms. The fraction of sp³-hybridized carbons (Fsp3) is 0.143. The molecule has 0 atom stereocenters. The van der Waals surface area contributed by atoms with Gasteiger partial charge in [-0.2, -0.15) is 0 Å². The Morgan fingerprint density at radius 2 is 1.60 bits per heavy atom. The third-order valence-electron chi connectivity index (χ3n) is 0.936. The zero-order valence-electron chi connectivity index (χ0n) is 5.91. The second kappa shape index (κ2) is 4.88. The number of benzene rings is 1. The Labute approximate surface area is 62.1 Å². The van der Waals surface area contributed by atoms with E-state index in [0.29, 0.717) is 0 Å². The molecule has 1 aromatic carbocycles. The summed E-state index contributed by atoms with van der Waals surface area (Å²) in [6.07, 6.45) is 0. The molecule has 3 N–H and O–H groups in total. The molecule has 0 aliphatic rings. The number of rotatable bonds is 0. The standard InChI is InChI=1S/C6H6BN.CH4O/c7-5-1-3-6(8)4-2-5;1-2/h1-4H,8H2;2H,1H3. The molecule has 3 heteroatoms. The smallest absolute Gasteiger partial charge is 0.113 e. The number of nitrogens with two attached hydrogens (primary N) is 1. The molecule has 0 spiro atoms. The molecule has 0 aliphatic heterocycles. The third-order valence-corrected chi connectivity index (χ3v) is 0.936. The van der Waals surface area contributed by atoms with Crippen molar-refractivity contribution in [3.63, 3.8) is 0 Å². The van der Waals surface area contributed by atoms with E-state index in [0.717, 1.165) is 18.3 Å². The van der Waals surface area contributed by atoms with Crippen molar-refractivity contribution in [3.8, 4) is 0 Å². The predicted octanol–water partition coefficient (Wildman–Crippen LogP) is -0.329. The van der Waals surface area contributed by atoms with Crippen molar-refractivity contribution in [1.29, 1.82) is 0 Å². The van der Waals surface area contributed by atoms with Crippen molar-refractivity contribution >= 4 is 19.0 Å². The van der Waals surface area contributed by atoms with E-state index in [2.05, 4.69) is 0 Å². The van der Waals surface area contributed by atoms with Crippen molar-refractivity contribution in [3.05, 3.63) is 24.3 Å². The molecule has 0 aromatic heterocycles. The Bertz CT molecular complexity index is 152. The fourth-order valence-electron chi connectivity index (χ4n) is 0.496. The lowest BCUT2D eigenvalue weighted by molar-refractivity contribution is 0.399. The highest BCUT2D eigenvalue weighted by Crippen LogP contribution is 1.94. The van der Waals surface area contributed by atoms with E-state index >= 15 is 0 Å². The average molecular weight is 135 g/mol. The van der Waals surface area contributed by atoms with Crippen LogP contribution in [0.2, 0.25) is 0 Å². The van der Waals surface area contributed by atoms with Crippen molar-refractivity contribution in [1.82, 2.24) is 0 Å². The number of hydrogen-bond donors (Lipinski definition) is 2. The summed E-state index contributed by atoms with van der Waals surface area (Å²) in [7, 11) is 6.37. The lowest BCUT2D eigenvalue weighted by atomic mass is 9.96. The Balaban J connectivity index is 0.000000371. The number of aliphatic hydroxyl groups excluding tert-OH is 1. The van der Waals surface area contributed by atoms with Gasteiger partial charge in [0.1, 0.15) is 7.85 Å². The second-order valence-corrected chi connectivity index (χ2v) is 1.67. The summed E-state index contributed by atoms with van der Waals surface area (Å²) in [4.78, 5) is 0. The molecule has 10 heavy (non-hydrogen) atoms. The van der Waals surface area contributed by atoms with E-state index in [-0.39, 0.29) is 0 Å². The van der Waals surface area contributed by atoms with Gasteiger partial charge in [-0.25, -0.2) is 0 Å². The molecule has 0 unspecified atom stereocenters. The van der Waals surface area contributed by atoms with Crippen molar-refractivity contribution in [2.24, 2.45) is 0 Å². The molecule has 2 radical (unpaired) electrons. The lowest BCUT2D eigenvalue weighted by Crippen LogP contribution is -1.99. The highest BCUT2D eigenvalue weighted by atomic mass is 16.2. The molecular formula is C7H10BNO. The molecular weight excluding hydrogens is 125 g/mol. The zero-order chi connectivity index (χ0) is 7.98. The number of nitrogen functional groups attached to an aromatic ring is 1. The predicted molar refractivity (Wildman–Crippen MR) is 44.4 cm³/mol. The van der Waals surface area contributed by atoms with Crippen LogP contribution >= 0.6 is 0 Å². The van der Waals surface area contributed by atoms with Gasteiger partial charge in [-0.15, -0.1) is 0 Å². The summed E-state index contributed by atoms with van der Waals surface area (Å²) in [6.45, 7) is 0. The van der Waals surface area contributed by atoms with Crippen LogP contribution in [0.3, 0.4) is 0 Å². The van der Waals surface area contributed by atoms with E-state index in [1.165, 1.54) is 0 Å². The van der Waals surface area contributed by atoms with E-state index < -0.39 is 0 Å². The monoisotopic (exact) mass is 135 g/mol. The van der Waals surface area contributed by atoms with Crippen LogP contribution in [-0.4, -0.2) is 20.1 Å². The summed E-state index contributed by atoms with van der Waals surface area (Å²) < 4.78 is 0. The summed E-state index contributed by atoms with van der Waals surface area (Å²) >= 11 is 0. The first-order valence-corrected chi connectivity index (χ1v) is 2.85. The first-order chi connectivity index (χ1) is 4.79. The molecule has 0 heterocycles. The van der Waals surface area contributed by atoms with Gasteiger partial charge < -0.3 is 10.8 Å². The van der Waals surface area contributed by atoms with Gasteiger partial charge in [0.25, 0.3) is 0 Å². The van der Waals surface area contributed by atoms with Crippen LogP contribution in [0.1, 0.15) is 0 Å². The highest BCUT2D eigenvalue weighted by molar-refractivity contribution is 6.32. The number of anilines is 1. The molecule has 0 saturated heterocycles. The SMILES string of the molecule is CO.[B]c1ccc(N)cc1. The van der Waals surface area contributed by atoms with Gasteiger partial charge in [0.15, 0.2) is 0 Å². The molecule has 52 valence electrons. The van der Waals surface area contributed by atoms with Crippen LogP contribution in [0.5, 0.6) is 0 Å². The minimum absolute atomic E-state index is 0.749. The topological polar surface area (TPSA) is 46.2 Å². The largest absolute Gasteiger partial charge is 0.400 e. The van der Waals surface area contributed by atoms with E-state index in [4.69, 9.17) is 18.7 Å². The first-order valence-electron chi connectivity index (χ1n) is 2.85.